The van der Waals surface area contributed by atoms with E-state index in [1.807, 2.05) is 11.8 Å². The quantitative estimate of drug-likeness (QED) is 0.356. The number of piperazine rings is 1. The molecule has 8 rings (SSSR count). The average molecular weight is 670 g/mol. The molecule has 3 aromatic rings. The lowest BCUT2D eigenvalue weighted by Gasteiger charge is -2.46. The number of nitrogens with two attached hydrogens (primary N) is 1. The summed E-state index contributed by atoms with van der Waals surface area (Å²) in [5.41, 5.74) is 1.62. The van der Waals surface area contributed by atoms with Crippen LogP contribution in [0.5, 0.6) is 11.8 Å². The molecule has 246 valence electrons. The van der Waals surface area contributed by atoms with Gasteiger partial charge in [-0.25, -0.2) is 18.2 Å². The molecule has 5 atom stereocenters. The molecule has 0 spiro atoms. The van der Waals surface area contributed by atoms with E-state index in [2.05, 4.69) is 15.3 Å². The third kappa shape index (κ3) is 4.40. The molecule has 0 unspecified atom stereocenters. The Labute approximate surface area is 264 Å². The van der Waals surface area contributed by atoms with Crippen molar-refractivity contribution in [1.82, 2.24) is 25.2 Å². The van der Waals surface area contributed by atoms with Gasteiger partial charge in [0.1, 0.15) is 29.9 Å². The lowest BCUT2D eigenvalue weighted by Crippen LogP contribution is -2.62. The number of hydrogen-bond acceptors (Lipinski definition) is 9. The maximum absolute atomic E-state index is 16.9. The molecule has 4 fully saturated rings. The zero-order chi connectivity index (χ0) is 32.5. The van der Waals surface area contributed by atoms with Crippen molar-refractivity contribution in [3.05, 3.63) is 28.0 Å². The van der Waals surface area contributed by atoms with Crippen molar-refractivity contribution in [2.45, 2.75) is 81.4 Å². The zero-order valence-electron chi connectivity index (χ0n) is 24.8. The van der Waals surface area contributed by atoms with Gasteiger partial charge >= 0.3 is 12.2 Å². The zero-order valence-corrected chi connectivity index (χ0v) is 25.6. The minimum absolute atomic E-state index is 0.0150. The van der Waals surface area contributed by atoms with Crippen LogP contribution in [-0.2, 0) is 6.18 Å². The van der Waals surface area contributed by atoms with Gasteiger partial charge in [-0.3, -0.25) is 4.90 Å². The summed E-state index contributed by atoms with van der Waals surface area (Å²) in [5.74, 6) is -4.16. The predicted molar refractivity (Wildman–Crippen MR) is 157 cm³/mol. The molecular weight excluding hydrogens is 640 g/mol. The first-order chi connectivity index (χ1) is 21.7. The highest BCUT2D eigenvalue weighted by molar-refractivity contribution is 6.36. The highest BCUT2D eigenvalue weighted by atomic mass is 35.5. The molecule has 1 aromatic carbocycles. The number of nitrogens with one attached hydrogen (secondary N) is 1. The Bertz CT molecular complexity index is 1790. The van der Waals surface area contributed by atoms with Crippen LogP contribution in [-0.4, -0.2) is 81.8 Å². The van der Waals surface area contributed by atoms with Gasteiger partial charge in [-0.05, 0) is 44.7 Å². The average Bonchev–Trinajstić information content (AvgIpc) is 3.36. The number of benzene rings is 1. The van der Waals surface area contributed by atoms with E-state index >= 15 is 4.39 Å². The number of halogens is 7. The summed E-state index contributed by atoms with van der Waals surface area (Å²) in [6.45, 7) is 3.45. The second-order valence-corrected chi connectivity index (χ2v) is 13.6. The van der Waals surface area contributed by atoms with E-state index in [1.54, 1.807) is 4.90 Å². The topological polar surface area (TPSA) is 102 Å². The normalized spacial score (nSPS) is 29.6. The van der Waals surface area contributed by atoms with Gasteiger partial charge < -0.3 is 25.4 Å². The van der Waals surface area contributed by atoms with Crippen molar-refractivity contribution in [1.29, 1.82) is 0 Å². The summed E-state index contributed by atoms with van der Waals surface area (Å²) < 4.78 is 101. The summed E-state index contributed by atoms with van der Waals surface area (Å²) in [7, 11) is 0. The van der Waals surface area contributed by atoms with Gasteiger partial charge in [0.25, 0.3) is 5.92 Å². The Balaban J connectivity index is 1.35. The van der Waals surface area contributed by atoms with Gasteiger partial charge in [0.15, 0.2) is 11.6 Å². The van der Waals surface area contributed by atoms with Crippen molar-refractivity contribution in [2.24, 2.45) is 0 Å². The number of anilines is 2. The van der Waals surface area contributed by atoms with E-state index in [9.17, 15) is 22.0 Å². The predicted octanol–water partition coefficient (Wildman–Crippen LogP) is 5.35. The van der Waals surface area contributed by atoms with Crippen LogP contribution in [0.25, 0.3) is 22.2 Å². The van der Waals surface area contributed by atoms with Crippen molar-refractivity contribution >= 4 is 34.1 Å². The van der Waals surface area contributed by atoms with Crippen molar-refractivity contribution in [3.63, 3.8) is 0 Å². The molecule has 2 aromatic heterocycles. The van der Waals surface area contributed by atoms with Crippen LogP contribution in [0.2, 0.25) is 5.02 Å². The molecule has 2 bridgehead atoms. The lowest BCUT2D eigenvalue weighted by atomic mass is 9.85. The molecule has 0 amide bonds. The van der Waals surface area contributed by atoms with E-state index in [-0.39, 0.29) is 71.1 Å². The third-order valence-corrected chi connectivity index (χ3v) is 10.6. The Morgan fingerprint density at radius 1 is 1.22 bits per heavy atom. The van der Waals surface area contributed by atoms with Gasteiger partial charge in [0, 0.05) is 31.6 Å². The fraction of sp³-hybridized carbons (Fsp3) is 0.567. The number of ether oxygens (including phenoxy) is 2. The molecule has 7 heterocycles. The van der Waals surface area contributed by atoms with Crippen molar-refractivity contribution in [2.75, 3.05) is 36.9 Å². The minimum atomic E-state index is -4.93. The van der Waals surface area contributed by atoms with Crippen LogP contribution < -0.4 is 25.4 Å². The first-order valence-corrected chi connectivity index (χ1v) is 15.6. The highest BCUT2D eigenvalue weighted by Crippen LogP contribution is 2.52. The molecular formula is C30H30ClF6N7O2. The fourth-order valence-electron chi connectivity index (χ4n) is 8.23. The smallest absolute Gasteiger partial charge is 0.418 e. The number of hydrogen-bond donors (Lipinski definition) is 2. The molecule has 16 heteroatoms. The summed E-state index contributed by atoms with van der Waals surface area (Å²) >= 11 is 6.82. The molecule has 0 aliphatic carbocycles. The summed E-state index contributed by atoms with van der Waals surface area (Å²) in [6.07, 6.45) is -3.66. The van der Waals surface area contributed by atoms with Crippen molar-refractivity contribution in [3.8, 4) is 23.0 Å². The summed E-state index contributed by atoms with van der Waals surface area (Å²) in [6, 6.07) is 0.561. The number of aryl methyl sites for hydroxylation is 1. The monoisotopic (exact) mass is 669 g/mol. The van der Waals surface area contributed by atoms with Gasteiger partial charge in [-0.2, -0.15) is 23.1 Å². The fourth-order valence-corrected chi connectivity index (χ4v) is 8.54. The van der Waals surface area contributed by atoms with E-state index in [0.717, 1.165) is 18.9 Å². The molecule has 5 aliphatic heterocycles. The first kappa shape index (κ1) is 30.1. The molecule has 0 radical (unpaired) electrons. The van der Waals surface area contributed by atoms with Crippen molar-refractivity contribution < 1.29 is 35.8 Å². The second-order valence-electron chi connectivity index (χ2n) is 13.2. The molecule has 0 saturated carbocycles. The van der Waals surface area contributed by atoms with Gasteiger partial charge in [-0.15, -0.1) is 0 Å². The number of fused-ring (bicyclic) bond motifs is 6. The Morgan fingerprint density at radius 2 is 2.00 bits per heavy atom. The summed E-state index contributed by atoms with van der Waals surface area (Å²) in [5, 5.41) is 3.24. The minimum Gasteiger partial charge on any atom is -0.486 e. The number of nitrogen functional groups attached to an aromatic ring is 1. The Hall–Kier alpha value is -3.30. The number of alkyl halides is 5. The molecule has 3 N–H and O–H groups in total. The second kappa shape index (κ2) is 9.86. The molecule has 9 nitrogen and oxygen atoms in total. The van der Waals surface area contributed by atoms with Crippen LogP contribution in [0.3, 0.4) is 0 Å². The van der Waals surface area contributed by atoms with Gasteiger partial charge in [0.2, 0.25) is 0 Å². The number of aromatic nitrogens is 3. The van der Waals surface area contributed by atoms with Crippen LogP contribution in [0, 0.1) is 12.7 Å². The Morgan fingerprint density at radius 3 is 2.70 bits per heavy atom. The largest absolute Gasteiger partial charge is 0.486 e. The van der Waals surface area contributed by atoms with E-state index in [1.165, 1.54) is 6.92 Å². The number of pyridine rings is 1. The SMILES string of the molecule is Cc1cc(N)nc(-c2c(Cl)c3c4c(nc(OC[C@@]56CCN5CC(F)(F)C6)nc4c2F)N2C[C@H]4CC[C@H](N4)[C@H]2[C@H](C)O3)c1C(F)(F)F. The highest BCUT2D eigenvalue weighted by Gasteiger charge is 2.60. The van der Waals surface area contributed by atoms with Crippen LogP contribution in [0.15, 0.2) is 6.07 Å². The van der Waals surface area contributed by atoms with E-state index in [4.69, 9.17) is 31.8 Å². The standard InChI is InChI=1S/C30H30ClF6N7O2/c1-12-7-16(38)40-22(19(12)30(35,36)37)17-20(31)25-18-23(21(17)32)41-27(45-11-28-5-6-43(28)10-29(33,34)9-28)42-26(18)44-8-14-3-4-15(39-14)24(44)13(2)46-25/h7,13-15,24,39H,3-6,8-11H2,1-2H3,(H2,38,40)/t13-,14+,15-,24+,28-/m0/s1. The maximum Gasteiger partial charge on any atom is 0.418 e. The molecule has 5 aliphatic rings. The first-order valence-electron chi connectivity index (χ1n) is 15.2. The lowest BCUT2D eigenvalue weighted by molar-refractivity contribution is -0.137. The maximum atomic E-state index is 16.9. The van der Waals surface area contributed by atoms with Crippen LogP contribution in [0.4, 0.5) is 38.0 Å². The number of rotatable bonds is 4. The summed E-state index contributed by atoms with van der Waals surface area (Å²) in [4.78, 5) is 16.6. The number of nitrogens with zero attached hydrogens (tertiary/aromatic N) is 5. The van der Waals surface area contributed by atoms with Gasteiger partial charge in [0.05, 0.1) is 45.4 Å². The van der Waals surface area contributed by atoms with Crippen LogP contribution >= 0.6 is 11.6 Å². The molecule has 4 saturated heterocycles. The molecule has 46 heavy (non-hydrogen) atoms. The van der Waals surface area contributed by atoms with E-state index < -0.39 is 57.8 Å². The van der Waals surface area contributed by atoms with Gasteiger partial charge in [-0.1, -0.05) is 11.6 Å². The third-order valence-electron chi connectivity index (χ3n) is 10.2. The Kier molecular flexibility index (Phi) is 6.44. The van der Waals surface area contributed by atoms with E-state index in [0.29, 0.717) is 19.5 Å². The van der Waals surface area contributed by atoms with Crippen LogP contribution in [0.1, 0.15) is 43.7 Å².